The average Bonchev–Trinajstić information content (AvgIpc) is 2.94. The number of fused-ring (bicyclic) bond motifs is 3. The minimum Gasteiger partial charge on any atom is -0.489 e. The molecule has 1 aromatic carbocycles. The third-order valence-electron chi connectivity index (χ3n) is 4.64. The standard InChI is InChI=1S/C15H18N4O2/c1-7-8(2)12-11(15(3,4)14(20)18-12)13-10(7)5-9(21-13)6-17-19-16/h9H,5-6H2,1-4H3,(H,18,20). The summed E-state index contributed by atoms with van der Waals surface area (Å²) in [5.74, 6) is 0.796. The summed E-state index contributed by atoms with van der Waals surface area (Å²) in [6, 6.07) is 0. The van der Waals surface area contributed by atoms with Crippen LogP contribution in [-0.2, 0) is 16.6 Å². The molecular weight excluding hydrogens is 268 g/mol. The zero-order valence-corrected chi connectivity index (χ0v) is 12.6. The molecule has 0 saturated carbocycles. The molecule has 2 heterocycles. The van der Waals surface area contributed by atoms with Gasteiger partial charge in [0.1, 0.15) is 11.9 Å². The third kappa shape index (κ3) is 1.79. The molecule has 2 aliphatic heterocycles. The van der Waals surface area contributed by atoms with Crippen molar-refractivity contribution in [3.05, 3.63) is 32.7 Å². The largest absolute Gasteiger partial charge is 0.489 e. The van der Waals surface area contributed by atoms with Gasteiger partial charge in [0.05, 0.1) is 17.6 Å². The van der Waals surface area contributed by atoms with E-state index in [9.17, 15) is 4.79 Å². The smallest absolute Gasteiger partial charge is 0.234 e. The normalized spacial score (nSPS) is 21.1. The maximum atomic E-state index is 12.2. The third-order valence-corrected chi connectivity index (χ3v) is 4.64. The summed E-state index contributed by atoms with van der Waals surface area (Å²) in [6.07, 6.45) is 0.575. The van der Waals surface area contributed by atoms with E-state index < -0.39 is 5.41 Å². The summed E-state index contributed by atoms with van der Waals surface area (Å²) in [4.78, 5) is 15.0. The number of rotatable bonds is 2. The SMILES string of the molecule is Cc1c(C)c2c(c3c1CC(CN=[N+]=[N-])O3)C(C)(C)C(=O)N2. The van der Waals surface area contributed by atoms with E-state index in [4.69, 9.17) is 10.3 Å². The second-order valence-corrected chi connectivity index (χ2v) is 6.24. The monoisotopic (exact) mass is 286 g/mol. The second-order valence-electron chi connectivity index (χ2n) is 6.24. The Labute approximate surface area is 123 Å². The highest BCUT2D eigenvalue weighted by molar-refractivity contribution is 6.08. The molecule has 1 atom stereocenters. The van der Waals surface area contributed by atoms with Crippen LogP contribution in [0.5, 0.6) is 5.75 Å². The number of hydrogen-bond donors (Lipinski definition) is 1. The maximum Gasteiger partial charge on any atom is 0.234 e. The van der Waals surface area contributed by atoms with Crippen molar-refractivity contribution in [2.45, 2.75) is 45.6 Å². The van der Waals surface area contributed by atoms with Crippen LogP contribution in [-0.4, -0.2) is 18.6 Å². The Hall–Kier alpha value is -2.20. The molecule has 1 aromatic rings. The quantitative estimate of drug-likeness (QED) is 0.514. The summed E-state index contributed by atoms with van der Waals surface area (Å²) < 4.78 is 6.01. The predicted octanol–water partition coefficient (Wildman–Crippen LogP) is 3.15. The summed E-state index contributed by atoms with van der Waals surface area (Å²) >= 11 is 0. The number of ether oxygens (including phenoxy) is 1. The van der Waals surface area contributed by atoms with E-state index >= 15 is 0 Å². The van der Waals surface area contributed by atoms with Crippen molar-refractivity contribution in [2.75, 3.05) is 11.9 Å². The van der Waals surface area contributed by atoms with Gasteiger partial charge in [-0.05, 0) is 44.4 Å². The van der Waals surface area contributed by atoms with E-state index in [1.165, 1.54) is 0 Å². The number of nitrogens with one attached hydrogen (secondary N) is 1. The Morgan fingerprint density at radius 2 is 2.14 bits per heavy atom. The van der Waals surface area contributed by atoms with Crippen LogP contribution >= 0.6 is 0 Å². The minimum atomic E-state index is -0.606. The molecule has 0 spiro atoms. The van der Waals surface area contributed by atoms with Gasteiger partial charge in [-0.1, -0.05) is 5.11 Å². The zero-order chi connectivity index (χ0) is 15.4. The minimum absolute atomic E-state index is 0.00417. The molecule has 0 bridgehead atoms. The summed E-state index contributed by atoms with van der Waals surface area (Å²) in [7, 11) is 0. The molecule has 1 amide bonds. The van der Waals surface area contributed by atoms with Crippen LogP contribution in [0.4, 0.5) is 5.69 Å². The van der Waals surface area contributed by atoms with Crippen LogP contribution in [0.3, 0.4) is 0 Å². The lowest BCUT2D eigenvalue weighted by Gasteiger charge is -2.20. The fourth-order valence-electron chi connectivity index (χ4n) is 3.21. The topological polar surface area (TPSA) is 87.1 Å². The van der Waals surface area contributed by atoms with Crippen molar-refractivity contribution >= 4 is 11.6 Å². The fraction of sp³-hybridized carbons (Fsp3) is 0.533. The van der Waals surface area contributed by atoms with Gasteiger partial charge in [0, 0.05) is 22.5 Å². The molecule has 110 valence electrons. The van der Waals surface area contributed by atoms with Gasteiger partial charge in [-0.25, -0.2) is 0 Å². The lowest BCUT2D eigenvalue weighted by molar-refractivity contribution is -0.119. The highest BCUT2D eigenvalue weighted by Gasteiger charge is 2.45. The van der Waals surface area contributed by atoms with Crippen LogP contribution in [0.1, 0.15) is 36.1 Å². The first-order valence-corrected chi connectivity index (χ1v) is 7.03. The number of anilines is 1. The molecule has 0 fully saturated rings. The van der Waals surface area contributed by atoms with Gasteiger partial charge in [-0.3, -0.25) is 4.79 Å². The first kappa shape index (κ1) is 13.8. The summed E-state index contributed by atoms with van der Waals surface area (Å²) in [6.45, 7) is 8.20. The first-order valence-electron chi connectivity index (χ1n) is 7.03. The number of amides is 1. The zero-order valence-electron chi connectivity index (χ0n) is 12.6. The van der Waals surface area contributed by atoms with Gasteiger partial charge in [0.2, 0.25) is 5.91 Å². The Kier molecular flexibility index (Phi) is 2.88. The predicted molar refractivity (Wildman–Crippen MR) is 79.7 cm³/mol. The van der Waals surface area contributed by atoms with Crippen molar-refractivity contribution in [1.82, 2.24) is 0 Å². The molecule has 2 aliphatic rings. The van der Waals surface area contributed by atoms with E-state index in [0.29, 0.717) is 6.54 Å². The van der Waals surface area contributed by atoms with Gasteiger partial charge in [-0.15, -0.1) is 0 Å². The molecule has 21 heavy (non-hydrogen) atoms. The molecule has 1 unspecified atom stereocenters. The lowest BCUT2D eigenvalue weighted by atomic mass is 9.82. The van der Waals surface area contributed by atoms with Crippen LogP contribution in [0, 0.1) is 13.8 Å². The van der Waals surface area contributed by atoms with Crippen molar-refractivity contribution < 1.29 is 9.53 Å². The fourth-order valence-corrected chi connectivity index (χ4v) is 3.21. The molecule has 0 saturated heterocycles. The highest BCUT2D eigenvalue weighted by atomic mass is 16.5. The molecular formula is C15H18N4O2. The van der Waals surface area contributed by atoms with Crippen LogP contribution < -0.4 is 10.1 Å². The number of azide groups is 1. The number of benzene rings is 1. The van der Waals surface area contributed by atoms with Crippen LogP contribution in [0.25, 0.3) is 10.4 Å². The van der Waals surface area contributed by atoms with Crippen molar-refractivity contribution in [3.63, 3.8) is 0 Å². The molecule has 0 radical (unpaired) electrons. The van der Waals surface area contributed by atoms with Gasteiger partial charge < -0.3 is 10.1 Å². The van der Waals surface area contributed by atoms with E-state index in [-0.39, 0.29) is 12.0 Å². The number of hydrogen-bond acceptors (Lipinski definition) is 3. The first-order chi connectivity index (χ1) is 9.87. The van der Waals surface area contributed by atoms with Gasteiger partial charge in [0.25, 0.3) is 0 Å². The number of carbonyl (C=O) groups is 1. The van der Waals surface area contributed by atoms with Gasteiger partial charge in [-0.2, -0.15) is 0 Å². The van der Waals surface area contributed by atoms with Gasteiger partial charge >= 0.3 is 0 Å². The van der Waals surface area contributed by atoms with Gasteiger partial charge in [0.15, 0.2) is 0 Å². The summed E-state index contributed by atoms with van der Waals surface area (Å²) in [5.41, 5.74) is 13.0. The lowest BCUT2D eigenvalue weighted by Crippen LogP contribution is -2.27. The number of carbonyl (C=O) groups excluding carboxylic acids is 1. The average molecular weight is 286 g/mol. The Morgan fingerprint density at radius 3 is 2.81 bits per heavy atom. The second kappa shape index (κ2) is 4.40. The van der Waals surface area contributed by atoms with E-state index in [0.717, 1.165) is 40.1 Å². The van der Waals surface area contributed by atoms with E-state index in [1.54, 1.807) is 0 Å². The molecule has 0 aliphatic carbocycles. The van der Waals surface area contributed by atoms with Crippen molar-refractivity contribution in [3.8, 4) is 5.75 Å². The van der Waals surface area contributed by atoms with Crippen LogP contribution in [0.2, 0.25) is 0 Å². The molecule has 1 N–H and O–H groups in total. The Morgan fingerprint density at radius 1 is 1.43 bits per heavy atom. The molecule has 6 heteroatoms. The van der Waals surface area contributed by atoms with Crippen molar-refractivity contribution in [2.24, 2.45) is 5.11 Å². The highest BCUT2D eigenvalue weighted by Crippen LogP contribution is 2.50. The molecule has 6 nitrogen and oxygen atoms in total. The van der Waals surface area contributed by atoms with Crippen LogP contribution in [0.15, 0.2) is 5.11 Å². The molecule has 0 aromatic heterocycles. The summed E-state index contributed by atoms with van der Waals surface area (Å²) in [5, 5.41) is 6.59. The van der Waals surface area contributed by atoms with Crippen molar-refractivity contribution in [1.29, 1.82) is 0 Å². The maximum absolute atomic E-state index is 12.2. The Bertz CT molecular complexity index is 702. The Balaban J connectivity index is 2.16. The van der Waals surface area contributed by atoms with E-state index in [1.807, 2.05) is 27.7 Å². The molecule has 3 rings (SSSR count). The van der Waals surface area contributed by atoms with E-state index in [2.05, 4.69) is 15.3 Å². The number of nitrogens with zero attached hydrogens (tertiary/aromatic N) is 3.